The summed E-state index contributed by atoms with van der Waals surface area (Å²) < 4.78 is 13.2. The minimum absolute atomic E-state index is 0.287. The molecule has 1 N–H and O–H groups in total. The Hall–Kier alpha value is -5.06. The van der Waals surface area contributed by atoms with Gasteiger partial charge in [0.15, 0.2) is 5.65 Å². The molecule has 0 saturated heterocycles. The monoisotopic (exact) mass is 550 g/mol. The number of carbonyl (C=O) groups is 1. The Morgan fingerprint density at radius 1 is 1.02 bits per heavy atom. The van der Waals surface area contributed by atoms with Gasteiger partial charge in [-0.25, -0.2) is 19.7 Å². The van der Waals surface area contributed by atoms with Gasteiger partial charge in [-0.05, 0) is 81.1 Å². The molecule has 1 aliphatic heterocycles. The van der Waals surface area contributed by atoms with E-state index in [0.29, 0.717) is 36.2 Å². The fourth-order valence-corrected chi connectivity index (χ4v) is 4.64. The molecule has 0 fully saturated rings. The molecule has 1 amide bonds. The molecule has 11 heteroatoms. The van der Waals surface area contributed by atoms with Crippen molar-refractivity contribution in [2.24, 2.45) is 0 Å². The van der Waals surface area contributed by atoms with Crippen LogP contribution in [0, 0.1) is 6.92 Å². The molecule has 1 aliphatic rings. The standard InChI is InChI=1S/C30H30N8O3/c1-19-13-22(6-8-25(19)40-27-15-26-36-34-18-38(26)17-33-27)35-28-23-14-21(5-7-24(23)31-16-32-28)20-9-11-37(12-10-20)29(39)41-30(2,3)4/h5-9,13-18H,10-12H2,1-4H3,(H,31,32,35). The summed E-state index contributed by atoms with van der Waals surface area (Å²) in [6, 6.07) is 13.7. The minimum atomic E-state index is -0.514. The first-order valence-corrected chi connectivity index (χ1v) is 13.3. The van der Waals surface area contributed by atoms with Gasteiger partial charge in [-0.3, -0.25) is 4.40 Å². The van der Waals surface area contributed by atoms with Gasteiger partial charge in [-0.15, -0.1) is 10.2 Å². The van der Waals surface area contributed by atoms with Crippen LogP contribution < -0.4 is 10.1 Å². The lowest BCUT2D eigenvalue weighted by molar-refractivity contribution is 0.0270. The zero-order valence-electron chi connectivity index (χ0n) is 23.3. The van der Waals surface area contributed by atoms with Crippen molar-refractivity contribution < 1.29 is 14.3 Å². The summed E-state index contributed by atoms with van der Waals surface area (Å²) in [6.45, 7) is 8.71. The lowest BCUT2D eigenvalue weighted by Crippen LogP contribution is -2.39. The molecule has 0 aliphatic carbocycles. The number of ether oxygens (including phenoxy) is 2. The van der Waals surface area contributed by atoms with E-state index in [-0.39, 0.29) is 6.09 Å². The second-order valence-electron chi connectivity index (χ2n) is 10.9. The molecule has 0 spiro atoms. The van der Waals surface area contributed by atoms with E-state index in [1.807, 2.05) is 52.0 Å². The summed E-state index contributed by atoms with van der Waals surface area (Å²) in [7, 11) is 0. The van der Waals surface area contributed by atoms with Gasteiger partial charge in [0.2, 0.25) is 5.88 Å². The number of aromatic nitrogens is 6. The quantitative estimate of drug-likeness (QED) is 0.284. The molecule has 208 valence electrons. The third-order valence-corrected chi connectivity index (χ3v) is 6.68. The van der Waals surface area contributed by atoms with Crippen molar-refractivity contribution in [2.45, 2.75) is 39.7 Å². The highest BCUT2D eigenvalue weighted by Crippen LogP contribution is 2.32. The van der Waals surface area contributed by atoms with Gasteiger partial charge < -0.3 is 19.7 Å². The predicted octanol–water partition coefficient (Wildman–Crippen LogP) is 5.94. The molecule has 4 heterocycles. The number of fused-ring (bicyclic) bond motifs is 2. The number of carbonyl (C=O) groups excluding carboxylic acids is 1. The average molecular weight is 551 g/mol. The molecule has 6 rings (SSSR count). The maximum absolute atomic E-state index is 12.5. The van der Waals surface area contributed by atoms with E-state index in [9.17, 15) is 4.79 Å². The number of hydrogen-bond acceptors (Lipinski definition) is 9. The van der Waals surface area contributed by atoms with Gasteiger partial charge in [0.25, 0.3) is 0 Å². The third-order valence-electron chi connectivity index (χ3n) is 6.68. The number of aryl methyl sites for hydroxylation is 1. The number of nitrogens with one attached hydrogen (secondary N) is 1. The summed E-state index contributed by atoms with van der Waals surface area (Å²) >= 11 is 0. The molecule has 5 aromatic rings. The van der Waals surface area contributed by atoms with Crippen molar-refractivity contribution in [3.63, 3.8) is 0 Å². The van der Waals surface area contributed by atoms with E-state index < -0.39 is 5.60 Å². The van der Waals surface area contributed by atoms with Crippen molar-refractivity contribution >= 4 is 39.7 Å². The highest BCUT2D eigenvalue weighted by molar-refractivity contribution is 5.93. The van der Waals surface area contributed by atoms with Crippen molar-refractivity contribution in [2.75, 3.05) is 18.4 Å². The molecular formula is C30H30N8O3. The van der Waals surface area contributed by atoms with Crippen molar-refractivity contribution in [1.82, 2.24) is 34.4 Å². The summed E-state index contributed by atoms with van der Waals surface area (Å²) in [6.07, 6.45) is 7.30. The van der Waals surface area contributed by atoms with E-state index >= 15 is 0 Å². The van der Waals surface area contributed by atoms with Gasteiger partial charge in [0.1, 0.15) is 36.2 Å². The highest BCUT2D eigenvalue weighted by atomic mass is 16.6. The fraction of sp³-hybridized carbons (Fsp3) is 0.267. The molecular weight excluding hydrogens is 520 g/mol. The Bertz CT molecular complexity index is 1790. The van der Waals surface area contributed by atoms with Crippen LogP contribution in [0.2, 0.25) is 0 Å². The molecule has 11 nitrogen and oxygen atoms in total. The zero-order valence-corrected chi connectivity index (χ0v) is 23.3. The summed E-state index contributed by atoms with van der Waals surface area (Å²) in [4.78, 5) is 27.5. The Balaban J connectivity index is 1.20. The van der Waals surface area contributed by atoms with Gasteiger partial charge in [-0.1, -0.05) is 12.1 Å². The van der Waals surface area contributed by atoms with Crippen LogP contribution in [0.5, 0.6) is 11.6 Å². The van der Waals surface area contributed by atoms with Crippen molar-refractivity contribution in [3.8, 4) is 11.6 Å². The molecule has 41 heavy (non-hydrogen) atoms. The van der Waals surface area contributed by atoms with Crippen LogP contribution in [0.25, 0.3) is 22.1 Å². The molecule has 0 unspecified atom stereocenters. The Kier molecular flexibility index (Phi) is 6.70. The van der Waals surface area contributed by atoms with E-state index in [4.69, 9.17) is 9.47 Å². The smallest absolute Gasteiger partial charge is 0.410 e. The predicted molar refractivity (Wildman–Crippen MR) is 155 cm³/mol. The second-order valence-corrected chi connectivity index (χ2v) is 10.9. The van der Waals surface area contributed by atoms with Crippen LogP contribution in [-0.4, -0.2) is 59.2 Å². The lowest BCUT2D eigenvalue weighted by Gasteiger charge is -2.29. The maximum Gasteiger partial charge on any atom is 0.410 e. The SMILES string of the molecule is Cc1cc(Nc2ncnc3ccc(C4=CCN(C(=O)OC(C)(C)C)CC4)cc23)ccc1Oc1cc2nncn2cn1. The van der Waals surface area contributed by atoms with Gasteiger partial charge in [0, 0.05) is 30.2 Å². The number of nitrogens with zero attached hydrogens (tertiary/aromatic N) is 7. The largest absolute Gasteiger partial charge is 0.444 e. The Labute approximate surface area is 236 Å². The number of anilines is 2. The molecule has 0 radical (unpaired) electrons. The third kappa shape index (κ3) is 5.79. The lowest BCUT2D eigenvalue weighted by atomic mass is 9.98. The van der Waals surface area contributed by atoms with Crippen molar-refractivity contribution in [1.29, 1.82) is 0 Å². The molecule has 0 atom stereocenters. The summed E-state index contributed by atoms with van der Waals surface area (Å²) in [5.41, 5.74) is 5.03. The van der Waals surface area contributed by atoms with Crippen LogP contribution in [0.3, 0.4) is 0 Å². The Morgan fingerprint density at radius 2 is 1.90 bits per heavy atom. The molecule has 2 aromatic carbocycles. The highest BCUT2D eigenvalue weighted by Gasteiger charge is 2.24. The van der Waals surface area contributed by atoms with E-state index in [1.54, 1.807) is 34.3 Å². The topological polar surface area (TPSA) is 120 Å². The summed E-state index contributed by atoms with van der Waals surface area (Å²) in [5.74, 6) is 1.83. The van der Waals surface area contributed by atoms with Crippen LogP contribution in [0.1, 0.15) is 38.3 Å². The first-order valence-electron chi connectivity index (χ1n) is 13.3. The van der Waals surface area contributed by atoms with Crippen LogP contribution in [-0.2, 0) is 4.74 Å². The van der Waals surface area contributed by atoms with Crippen molar-refractivity contribution in [3.05, 3.63) is 78.6 Å². The fourth-order valence-electron chi connectivity index (χ4n) is 4.64. The van der Waals surface area contributed by atoms with Crippen LogP contribution >= 0.6 is 0 Å². The number of hydrogen-bond donors (Lipinski definition) is 1. The molecule has 0 bridgehead atoms. The summed E-state index contributed by atoms with van der Waals surface area (Å²) in [5, 5.41) is 12.2. The minimum Gasteiger partial charge on any atom is -0.444 e. The number of amides is 1. The molecule has 3 aromatic heterocycles. The maximum atomic E-state index is 12.5. The Morgan fingerprint density at radius 3 is 2.68 bits per heavy atom. The normalized spacial score (nSPS) is 13.8. The van der Waals surface area contributed by atoms with Gasteiger partial charge >= 0.3 is 6.09 Å². The average Bonchev–Trinajstić information content (AvgIpc) is 3.42. The van der Waals surface area contributed by atoms with Gasteiger partial charge in [0.05, 0.1) is 5.52 Å². The van der Waals surface area contributed by atoms with E-state index in [0.717, 1.165) is 34.1 Å². The van der Waals surface area contributed by atoms with Crippen LogP contribution in [0.4, 0.5) is 16.3 Å². The number of rotatable bonds is 5. The van der Waals surface area contributed by atoms with E-state index in [1.165, 1.54) is 5.57 Å². The number of benzene rings is 2. The molecule has 0 saturated carbocycles. The zero-order chi connectivity index (χ0) is 28.6. The van der Waals surface area contributed by atoms with Crippen LogP contribution in [0.15, 0.2) is 67.5 Å². The van der Waals surface area contributed by atoms with Gasteiger partial charge in [-0.2, -0.15) is 0 Å². The first-order chi connectivity index (χ1) is 19.7. The first kappa shape index (κ1) is 26.2. The second kappa shape index (κ2) is 10.5. The van der Waals surface area contributed by atoms with E-state index in [2.05, 4.69) is 48.7 Å².